The van der Waals surface area contributed by atoms with Crippen molar-refractivity contribution in [3.8, 4) is 11.5 Å². The summed E-state index contributed by atoms with van der Waals surface area (Å²) >= 11 is 9.18. The lowest BCUT2D eigenvalue weighted by molar-refractivity contribution is 0.102. The van der Waals surface area contributed by atoms with Crippen molar-refractivity contribution in [3.05, 3.63) is 45.7 Å². The highest BCUT2D eigenvalue weighted by Crippen LogP contribution is 2.38. The summed E-state index contributed by atoms with van der Waals surface area (Å²) in [4.78, 5) is 16.0. The van der Waals surface area contributed by atoms with Gasteiger partial charge in [0.05, 0.1) is 5.69 Å². The fourth-order valence-corrected chi connectivity index (χ4v) is 2.49. The lowest BCUT2D eigenvalue weighted by Gasteiger charge is -2.20. The normalized spacial score (nSPS) is 12.9. The molecular formula is C14H10BrClN2O3. The van der Waals surface area contributed by atoms with Gasteiger partial charge < -0.3 is 14.8 Å². The summed E-state index contributed by atoms with van der Waals surface area (Å²) in [6.07, 6.45) is 1.48. The molecule has 5 nitrogen and oxygen atoms in total. The largest absolute Gasteiger partial charge is 0.486 e. The zero-order valence-electron chi connectivity index (χ0n) is 10.7. The lowest BCUT2D eigenvalue weighted by atomic mass is 10.2. The van der Waals surface area contributed by atoms with Crippen LogP contribution in [0.5, 0.6) is 11.5 Å². The van der Waals surface area contributed by atoms with Crippen molar-refractivity contribution in [1.82, 2.24) is 4.98 Å². The maximum absolute atomic E-state index is 12.2. The molecule has 21 heavy (non-hydrogen) atoms. The third-order valence-corrected chi connectivity index (χ3v) is 3.73. The second-order valence-corrected chi connectivity index (χ2v) is 5.54. The Bertz CT molecular complexity index is 709. The first-order valence-electron chi connectivity index (χ1n) is 6.15. The van der Waals surface area contributed by atoms with Gasteiger partial charge in [-0.1, -0.05) is 11.6 Å². The van der Waals surface area contributed by atoms with E-state index in [2.05, 4.69) is 26.2 Å². The molecule has 3 rings (SSSR count). The van der Waals surface area contributed by atoms with E-state index in [0.717, 1.165) is 0 Å². The number of hydrogen-bond acceptors (Lipinski definition) is 4. The minimum absolute atomic E-state index is 0.267. The molecule has 1 aromatic heterocycles. The average Bonchev–Trinajstić information content (AvgIpc) is 2.48. The van der Waals surface area contributed by atoms with Crippen LogP contribution in [0.3, 0.4) is 0 Å². The first kappa shape index (κ1) is 14.2. The maximum atomic E-state index is 12.2. The molecule has 7 heteroatoms. The quantitative estimate of drug-likeness (QED) is 0.823. The highest BCUT2D eigenvalue weighted by Gasteiger charge is 2.16. The molecule has 0 saturated heterocycles. The Morgan fingerprint density at radius 2 is 1.95 bits per heavy atom. The summed E-state index contributed by atoms with van der Waals surface area (Å²) in [5.74, 6) is 0.974. The number of hydrogen-bond donors (Lipinski definition) is 1. The van der Waals surface area contributed by atoms with Crippen molar-refractivity contribution in [3.63, 3.8) is 0 Å². The van der Waals surface area contributed by atoms with Crippen LogP contribution >= 0.6 is 27.5 Å². The minimum Gasteiger partial charge on any atom is -0.486 e. The van der Waals surface area contributed by atoms with Crippen LogP contribution in [0.2, 0.25) is 5.15 Å². The van der Waals surface area contributed by atoms with Gasteiger partial charge in [0.1, 0.15) is 18.4 Å². The van der Waals surface area contributed by atoms with Crippen molar-refractivity contribution in [2.24, 2.45) is 0 Å². The standard InChI is InChI=1S/C14H10BrClN2O3/c15-9-6-11-12(21-4-3-20-11)7-10(9)18-14(19)8-1-2-17-13(16)5-8/h1-2,5-7H,3-4H2,(H,18,19). The van der Waals surface area contributed by atoms with Crippen LogP contribution in [0, 0.1) is 0 Å². The summed E-state index contributed by atoms with van der Waals surface area (Å²) in [6.45, 7) is 1.00. The Labute approximate surface area is 134 Å². The van der Waals surface area contributed by atoms with Crippen LogP contribution < -0.4 is 14.8 Å². The van der Waals surface area contributed by atoms with Crippen molar-refractivity contribution in [2.75, 3.05) is 18.5 Å². The summed E-state index contributed by atoms with van der Waals surface area (Å²) in [5, 5.41) is 3.06. The molecule has 0 atom stereocenters. The van der Waals surface area contributed by atoms with Crippen LogP contribution in [-0.2, 0) is 0 Å². The molecule has 0 radical (unpaired) electrons. The first-order chi connectivity index (χ1) is 10.1. The predicted octanol–water partition coefficient (Wildman–Crippen LogP) is 3.52. The number of fused-ring (bicyclic) bond motifs is 1. The van der Waals surface area contributed by atoms with E-state index < -0.39 is 0 Å². The molecule has 0 aliphatic carbocycles. The third-order valence-electron chi connectivity index (χ3n) is 2.87. The molecule has 2 aromatic rings. The van der Waals surface area contributed by atoms with Gasteiger partial charge in [0.25, 0.3) is 5.91 Å². The number of carbonyl (C=O) groups excluding carboxylic acids is 1. The molecule has 0 saturated carbocycles. The van der Waals surface area contributed by atoms with Crippen molar-refractivity contribution in [1.29, 1.82) is 0 Å². The number of aromatic nitrogens is 1. The van der Waals surface area contributed by atoms with E-state index in [1.54, 1.807) is 18.2 Å². The zero-order chi connectivity index (χ0) is 14.8. The molecule has 1 aliphatic heterocycles. The molecule has 0 bridgehead atoms. The van der Waals surface area contributed by atoms with E-state index in [1.807, 2.05) is 0 Å². The molecule has 108 valence electrons. The molecule has 1 N–H and O–H groups in total. The van der Waals surface area contributed by atoms with Crippen LogP contribution in [0.25, 0.3) is 0 Å². The van der Waals surface area contributed by atoms with E-state index in [1.165, 1.54) is 12.3 Å². The summed E-state index contributed by atoms with van der Waals surface area (Å²) in [6, 6.07) is 6.58. The van der Waals surface area contributed by atoms with E-state index in [0.29, 0.717) is 40.4 Å². The van der Waals surface area contributed by atoms with Crippen LogP contribution in [0.4, 0.5) is 5.69 Å². The fraction of sp³-hybridized carbons (Fsp3) is 0.143. The Morgan fingerprint density at radius 3 is 2.67 bits per heavy atom. The molecule has 0 unspecified atom stereocenters. The number of amides is 1. The highest BCUT2D eigenvalue weighted by atomic mass is 79.9. The number of benzene rings is 1. The van der Waals surface area contributed by atoms with Gasteiger partial charge in [-0.2, -0.15) is 0 Å². The molecule has 1 aliphatic rings. The number of pyridine rings is 1. The number of rotatable bonds is 2. The number of nitrogens with zero attached hydrogens (tertiary/aromatic N) is 1. The second kappa shape index (κ2) is 5.91. The SMILES string of the molecule is O=C(Nc1cc2c(cc1Br)OCCO2)c1ccnc(Cl)c1. The van der Waals surface area contributed by atoms with Crippen molar-refractivity contribution < 1.29 is 14.3 Å². The smallest absolute Gasteiger partial charge is 0.255 e. The Balaban J connectivity index is 1.86. The molecule has 2 heterocycles. The van der Waals surface area contributed by atoms with E-state index in [-0.39, 0.29) is 11.1 Å². The molecule has 0 spiro atoms. The van der Waals surface area contributed by atoms with Gasteiger partial charge in [0.2, 0.25) is 0 Å². The summed E-state index contributed by atoms with van der Waals surface area (Å²) < 4.78 is 11.7. The fourth-order valence-electron chi connectivity index (χ4n) is 1.90. The maximum Gasteiger partial charge on any atom is 0.255 e. The Morgan fingerprint density at radius 1 is 1.24 bits per heavy atom. The number of nitrogens with one attached hydrogen (secondary N) is 1. The average molecular weight is 370 g/mol. The van der Waals surface area contributed by atoms with Gasteiger partial charge in [0, 0.05) is 28.4 Å². The van der Waals surface area contributed by atoms with E-state index >= 15 is 0 Å². The van der Waals surface area contributed by atoms with Crippen molar-refractivity contribution in [2.45, 2.75) is 0 Å². The topological polar surface area (TPSA) is 60.5 Å². The van der Waals surface area contributed by atoms with E-state index in [4.69, 9.17) is 21.1 Å². The van der Waals surface area contributed by atoms with Gasteiger partial charge in [-0.25, -0.2) is 4.98 Å². The van der Waals surface area contributed by atoms with Crippen LogP contribution in [0.1, 0.15) is 10.4 Å². The first-order valence-corrected chi connectivity index (χ1v) is 7.32. The summed E-state index contributed by atoms with van der Waals surface area (Å²) in [5.41, 5.74) is 1.02. The third kappa shape index (κ3) is 3.11. The molecule has 1 aromatic carbocycles. The van der Waals surface area contributed by atoms with Crippen molar-refractivity contribution >= 4 is 39.1 Å². The monoisotopic (exact) mass is 368 g/mol. The molecular weight excluding hydrogens is 360 g/mol. The van der Waals surface area contributed by atoms with Gasteiger partial charge in [0.15, 0.2) is 11.5 Å². The minimum atomic E-state index is -0.281. The van der Waals surface area contributed by atoms with Crippen LogP contribution in [-0.4, -0.2) is 24.1 Å². The Kier molecular flexibility index (Phi) is 3.98. The van der Waals surface area contributed by atoms with Gasteiger partial charge in [-0.05, 0) is 28.1 Å². The van der Waals surface area contributed by atoms with Crippen LogP contribution in [0.15, 0.2) is 34.9 Å². The molecule has 0 fully saturated rings. The molecule has 1 amide bonds. The van der Waals surface area contributed by atoms with E-state index in [9.17, 15) is 4.79 Å². The number of carbonyl (C=O) groups is 1. The summed E-state index contributed by atoms with van der Waals surface area (Å²) in [7, 11) is 0. The zero-order valence-corrected chi connectivity index (χ0v) is 13.1. The highest BCUT2D eigenvalue weighted by molar-refractivity contribution is 9.10. The number of halogens is 2. The lowest BCUT2D eigenvalue weighted by Crippen LogP contribution is -2.17. The van der Waals surface area contributed by atoms with Gasteiger partial charge >= 0.3 is 0 Å². The second-order valence-electron chi connectivity index (χ2n) is 4.30. The number of anilines is 1. The van der Waals surface area contributed by atoms with Gasteiger partial charge in [-0.3, -0.25) is 4.79 Å². The number of ether oxygens (including phenoxy) is 2. The predicted molar refractivity (Wildman–Crippen MR) is 82.3 cm³/mol. The van der Waals surface area contributed by atoms with Gasteiger partial charge in [-0.15, -0.1) is 0 Å². The Hall–Kier alpha value is -1.79.